The molecule has 0 spiro atoms. The van der Waals surface area contributed by atoms with E-state index < -0.39 is 11.9 Å². The molecule has 0 fully saturated rings. The van der Waals surface area contributed by atoms with Gasteiger partial charge in [0.1, 0.15) is 0 Å². The number of hydrogen-bond acceptors (Lipinski definition) is 4. The minimum atomic E-state index is -0.732. The maximum atomic E-state index is 11.3. The second-order valence-corrected chi connectivity index (χ2v) is 4.73. The van der Waals surface area contributed by atoms with E-state index in [1.165, 1.54) is 6.92 Å². The highest BCUT2D eigenvalue weighted by molar-refractivity contribution is 5.93. The standard InChI is InChI=1S/C12H18O4/c1-8(2)10(13)16-9(3)11(14)15-7-12(4,5)6/h1,3,7H2,2,4-6H3. The molecule has 16 heavy (non-hydrogen) atoms. The van der Waals surface area contributed by atoms with E-state index in [-0.39, 0.29) is 23.4 Å². The van der Waals surface area contributed by atoms with Crippen molar-refractivity contribution in [3.05, 3.63) is 24.5 Å². The van der Waals surface area contributed by atoms with E-state index in [9.17, 15) is 9.59 Å². The molecule has 0 radical (unpaired) electrons. The van der Waals surface area contributed by atoms with Gasteiger partial charge >= 0.3 is 11.9 Å². The monoisotopic (exact) mass is 226 g/mol. The molecule has 0 aromatic rings. The van der Waals surface area contributed by atoms with Crippen molar-refractivity contribution in [3.63, 3.8) is 0 Å². The summed E-state index contributed by atoms with van der Waals surface area (Å²) in [5.74, 6) is -1.74. The molecular formula is C12H18O4. The van der Waals surface area contributed by atoms with Crippen LogP contribution in [0, 0.1) is 5.41 Å². The van der Waals surface area contributed by atoms with Gasteiger partial charge < -0.3 is 9.47 Å². The molecule has 0 rings (SSSR count). The molecule has 0 amide bonds. The Bertz CT molecular complexity index is 320. The first-order chi connectivity index (χ1) is 7.13. The zero-order valence-corrected chi connectivity index (χ0v) is 10.3. The van der Waals surface area contributed by atoms with Crippen LogP contribution in [0.4, 0.5) is 0 Å². The van der Waals surface area contributed by atoms with E-state index in [0.29, 0.717) is 0 Å². The van der Waals surface area contributed by atoms with E-state index in [1.54, 1.807) is 0 Å². The van der Waals surface area contributed by atoms with Gasteiger partial charge in [-0.05, 0) is 18.9 Å². The summed E-state index contributed by atoms with van der Waals surface area (Å²) in [7, 11) is 0. The molecule has 0 N–H and O–H groups in total. The summed E-state index contributed by atoms with van der Waals surface area (Å²) in [5, 5.41) is 0. The fourth-order valence-electron chi connectivity index (χ4n) is 0.603. The lowest BCUT2D eigenvalue weighted by molar-refractivity contribution is -0.151. The van der Waals surface area contributed by atoms with Gasteiger partial charge in [-0.1, -0.05) is 27.4 Å². The zero-order valence-electron chi connectivity index (χ0n) is 10.3. The Kier molecular flexibility index (Phi) is 4.95. The van der Waals surface area contributed by atoms with Crippen LogP contribution in [0.25, 0.3) is 0 Å². The lowest BCUT2D eigenvalue weighted by Crippen LogP contribution is -2.21. The van der Waals surface area contributed by atoms with Crippen LogP contribution >= 0.6 is 0 Å². The summed E-state index contributed by atoms with van der Waals surface area (Å²) < 4.78 is 9.53. The molecule has 90 valence electrons. The number of carbonyl (C=O) groups excluding carboxylic acids is 2. The van der Waals surface area contributed by atoms with E-state index in [4.69, 9.17) is 4.74 Å². The summed E-state index contributed by atoms with van der Waals surface area (Å²) in [5.41, 5.74) is 0.0543. The number of esters is 2. The van der Waals surface area contributed by atoms with E-state index in [1.807, 2.05) is 20.8 Å². The van der Waals surface area contributed by atoms with Gasteiger partial charge in [0.05, 0.1) is 6.61 Å². The van der Waals surface area contributed by atoms with Gasteiger partial charge in [-0.25, -0.2) is 9.59 Å². The molecule has 0 aliphatic carbocycles. The van der Waals surface area contributed by atoms with Crippen LogP contribution in [0.5, 0.6) is 0 Å². The minimum absolute atomic E-state index is 0.145. The largest absolute Gasteiger partial charge is 0.459 e. The summed E-state index contributed by atoms with van der Waals surface area (Å²) in [6.07, 6.45) is 0. The number of rotatable bonds is 4. The molecule has 0 saturated carbocycles. The van der Waals surface area contributed by atoms with Crippen molar-refractivity contribution in [2.24, 2.45) is 5.41 Å². The fourth-order valence-corrected chi connectivity index (χ4v) is 0.603. The van der Waals surface area contributed by atoms with Crippen molar-refractivity contribution in [3.8, 4) is 0 Å². The second kappa shape index (κ2) is 5.49. The smallest absolute Gasteiger partial charge is 0.373 e. The van der Waals surface area contributed by atoms with E-state index in [0.717, 1.165) is 0 Å². The minimum Gasteiger partial charge on any atom is -0.459 e. The highest BCUT2D eigenvalue weighted by atomic mass is 16.6. The molecular weight excluding hydrogens is 208 g/mol. The van der Waals surface area contributed by atoms with Crippen LogP contribution in [0.1, 0.15) is 27.7 Å². The van der Waals surface area contributed by atoms with Crippen molar-refractivity contribution < 1.29 is 19.1 Å². The lowest BCUT2D eigenvalue weighted by Gasteiger charge is -2.18. The molecule has 4 heteroatoms. The molecule has 0 unspecified atom stereocenters. The maximum absolute atomic E-state index is 11.3. The van der Waals surface area contributed by atoms with Crippen LogP contribution in [0.2, 0.25) is 0 Å². The summed E-state index contributed by atoms with van der Waals surface area (Å²) in [4.78, 5) is 22.4. The Morgan fingerprint density at radius 2 is 1.62 bits per heavy atom. The summed E-state index contributed by atoms with van der Waals surface area (Å²) in [6.45, 7) is 14.2. The molecule has 0 bridgehead atoms. The topological polar surface area (TPSA) is 52.6 Å². The fraction of sp³-hybridized carbons (Fsp3) is 0.500. The van der Waals surface area contributed by atoms with E-state index in [2.05, 4.69) is 17.9 Å². The van der Waals surface area contributed by atoms with Gasteiger partial charge in [0.15, 0.2) is 0 Å². The van der Waals surface area contributed by atoms with Crippen molar-refractivity contribution in [2.75, 3.05) is 6.61 Å². The first kappa shape index (κ1) is 14.4. The molecule has 0 heterocycles. The van der Waals surface area contributed by atoms with Gasteiger partial charge in [0, 0.05) is 5.57 Å². The Morgan fingerprint density at radius 1 is 1.12 bits per heavy atom. The van der Waals surface area contributed by atoms with Crippen molar-refractivity contribution >= 4 is 11.9 Å². The number of ether oxygens (including phenoxy) is 2. The van der Waals surface area contributed by atoms with Crippen LogP contribution in [-0.2, 0) is 19.1 Å². The normalized spacial score (nSPS) is 10.5. The van der Waals surface area contributed by atoms with E-state index >= 15 is 0 Å². The highest BCUT2D eigenvalue weighted by Crippen LogP contribution is 2.14. The highest BCUT2D eigenvalue weighted by Gasteiger charge is 2.18. The van der Waals surface area contributed by atoms with Crippen molar-refractivity contribution in [1.82, 2.24) is 0 Å². The first-order valence-corrected chi connectivity index (χ1v) is 4.87. The Hall–Kier alpha value is -1.58. The predicted octanol–water partition coefficient (Wildman–Crippen LogP) is 2.21. The number of hydrogen-bond donors (Lipinski definition) is 0. The average Bonchev–Trinajstić information content (AvgIpc) is 2.12. The van der Waals surface area contributed by atoms with Gasteiger partial charge in [-0.3, -0.25) is 0 Å². The third-order valence-electron chi connectivity index (χ3n) is 1.43. The molecule has 0 saturated heterocycles. The van der Waals surface area contributed by atoms with Crippen LogP contribution in [-0.4, -0.2) is 18.5 Å². The Balaban J connectivity index is 4.16. The average molecular weight is 226 g/mol. The van der Waals surface area contributed by atoms with Gasteiger partial charge in [-0.15, -0.1) is 0 Å². The van der Waals surface area contributed by atoms with Crippen LogP contribution < -0.4 is 0 Å². The maximum Gasteiger partial charge on any atom is 0.373 e. The van der Waals surface area contributed by atoms with Gasteiger partial charge in [-0.2, -0.15) is 0 Å². The first-order valence-electron chi connectivity index (χ1n) is 4.87. The molecule has 0 aromatic heterocycles. The Labute approximate surface area is 95.9 Å². The Morgan fingerprint density at radius 3 is 2.00 bits per heavy atom. The number of carbonyl (C=O) groups is 2. The summed E-state index contributed by atoms with van der Waals surface area (Å²) >= 11 is 0. The van der Waals surface area contributed by atoms with Crippen LogP contribution in [0.3, 0.4) is 0 Å². The zero-order chi connectivity index (χ0) is 12.9. The quantitative estimate of drug-likeness (QED) is 0.419. The molecule has 0 atom stereocenters. The molecule has 0 aliphatic heterocycles. The van der Waals surface area contributed by atoms with Crippen molar-refractivity contribution in [2.45, 2.75) is 27.7 Å². The second-order valence-electron chi connectivity index (χ2n) is 4.73. The van der Waals surface area contributed by atoms with Crippen molar-refractivity contribution in [1.29, 1.82) is 0 Å². The molecule has 0 aromatic carbocycles. The van der Waals surface area contributed by atoms with Crippen LogP contribution in [0.15, 0.2) is 24.5 Å². The lowest BCUT2D eigenvalue weighted by atomic mass is 9.99. The predicted molar refractivity (Wildman–Crippen MR) is 60.5 cm³/mol. The van der Waals surface area contributed by atoms with Gasteiger partial charge in [0.25, 0.3) is 0 Å². The SMILES string of the molecule is C=C(C)C(=O)OC(=C)C(=O)OCC(C)(C)C. The molecule has 0 aliphatic rings. The van der Waals surface area contributed by atoms with Gasteiger partial charge in [0.2, 0.25) is 5.76 Å². The summed E-state index contributed by atoms with van der Waals surface area (Å²) in [6, 6.07) is 0. The third kappa shape index (κ3) is 6.01. The third-order valence-corrected chi connectivity index (χ3v) is 1.43. The molecule has 4 nitrogen and oxygen atoms in total.